The molecule has 0 radical (unpaired) electrons. The van der Waals surface area contributed by atoms with Gasteiger partial charge in [-0.25, -0.2) is 29.9 Å². The highest BCUT2D eigenvalue weighted by Crippen LogP contribution is 2.40. The average molecular weight is 1100 g/mol. The lowest BCUT2D eigenvalue weighted by Crippen LogP contribution is -2.14. The second-order valence-electron chi connectivity index (χ2n) is 18.9. The van der Waals surface area contributed by atoms with E-state index in [2.05, 4.69) is 99.5 Å². The van der Waals surface area contributed by atoms with E-state index < -0.39 is 0 Å². The predicted octanol–water partition coefficient (Wildman–Crippen LogP) is 9.08. The molecule has 7 heterocycles. The standard InChI is InChI=1S/C58H51N25/c1-82(2)23-5-7-32-9-16-39-42(25-32)49(80-76-37-14-18-45(51(59)60)66-30-37)55(64)73-57(39)71-52(61)36-13-20-47(68-29-36)78-81-50-43-26-33(8-6-24-83(3)4)10-17-40(43)58(74-56(50)65)72-53(62)46-19-15-38(31-67-46)75-79-48-41-27-34(44-21-22-70-77-44)11-12-35(41)28-69-54(48)63/h9-22,25-31H,23-24H2,1-4H3,(H3,59,60)(H2,63,69)(H,70,77)(H4,61,64,71,73)(H4,62,65,72,74). The second-order valence-corrected chi connectivity index (χ2v) is 18.9. The van der Waals surface area contributed by atoms with Gasteiger partial charge in [-0.15, -0.1) is 30.7 Å². The minimum Gasteiger partial charge on any atom is -0.383 e. The number of aromatic amines is 1. The predicted molar refractivity (Wildman–Crippen MR) is 324 cm³/mol. The number of azo groups is 3. The maximum Gasteiger partial charge on any atom is 0.174 e. The molecule has 0 saturated heterocycles. The van der Waals surface area contributed by atoms with Crippen LogP contribution in [0, 0.1) is 29.1 Å². The van der Waals surface area contributed by atoms with Crippen molar-refractivity contribution in [1.82, 2.24) is 49.9 Å². The lowest BCUT2D eigenvalue weighted by Gasteiger charge is -2.10. The number of H-pyrrole nitrogens is 1. The minimum absolute atomic E-state index is 0.0151. The third-order valence-corrected chi connectivity index (χ3v) is 12.2. The Labute approximate surface area is 474 Å². The number of pyridine rings is 6. The molecule has 0 aliphatic rings. The molecule has 408 valence electrons. The van der Waals surface area contributed by atoms with Crippen LogP contribution in [0.4, 0.5) is 63.3 Å². The highest BCUT2D eigenvalue weighted by molar-refractivity contribution is 6.07. The molecule has 83 heavy (non-hydrogen) atoms. The van der Waals surface area contributed by atoms with Gasteiger partial charge in [-0.05, 0) is 113 Å². The van der Waals surface area contributed by atoms with Crippen molar-refractivity contribution in [1.29, 1.82) is 5.41 Å². The first kappa shape index (κ1) is 54.6. The van der Waals surface area contributed by atoms with Crippen molar-refractivity contribution in [3.05, 3.63) is 156 Å². The number of hydrogen-bond acceptors (Lipinski definition) is 21. The van der Waals surface area contributed by atoms with Crippen LogP contribution in [-0.2, 0) is 0 Å². The lowest BCUT2D eigenvalue weighted by atomic mass is 10.1. The van der Waals surface area contributed by atoms with Gasteiger partial charge < -0.3 is 34.4 Å². The zero-order valence-corrected chi connectivity index (χ0v) is 45.1. The van der Waals surface area contributed by atoms with Gasteiger partial charge in [0.05, 0.1) is 31.2 Å². The lowest BCUT2D eigenvalue weighted by molar-refractivity contribution is 0.464. The van der Waals surface area contributed by atoms with E-state index in [4.69, 9.17) is 44.8 Å². The zero-order valence-electron chi connectivity index (χ0n) is 45.1. The second kappa shape index (κ2) is 24.1. The van der Waals surface area contributed by atoms with Crippen molar-refractivity contribution < 1.29 is 0 Å². The number of benzene rings is 3. The molecular weight excluding hydrogens is 1050 g/mol. The number of anilines is 3. The molecular formula is C58H51N25. The number of hydrogen-bond donors (Lipinski definition) is 8. The van der Waals surface area contributed by atoms with Crippen LogP contribution in [0.1, 0.15) is 28.1 Å². The normalized spacial score (nSPS) is 12.1. The molecule has 14 N–H and O–H groups in total. The molecule has 25 nitrogen and oxygen atoms in total. The van der Waals surface area contributed by atoms with Crippen LogP contribution < -0.4 is 34.4 Å². The summed E-state index contributed by atoms with van der Waals surface area (Å²) in [6.45, 7) is 1.09. The topological polar surface area (TPSA) is 391 Å². The van der Waals surface area contributed by atoms with Gasteiger partial charge in [0.1, 0.15) is 51.5 Å². The first-order valence-corrected chi connectivity index (χ1v) is 25.2. The van der Waals surface area contributed by atoms with Gasteiger partial charge in [0, 0.05) is 73.2 Å². The van der Waals surface area contributed by atoms with Crippen LogP contribution in [-0.4, -0.2) is 109 Å². The van der Waals surface area contributed by atoms with E-state index in [0.29, 0.717) is 79.8 Å². The van der Waals surface area contributed by atoms with Gasteiger partial charge in [0.25, 0.3) is 0 Å². The highest BCUT2D eigenvalue weighted by atomic mass is 15.2. The number of aromatic nitrogens is 8. The SMILES string of the molecule is CN(C)CC#Cc1ccc2c(N=C(N)c3ccc(N=Nc4c(N)nc(N=C(N)c5ccc(N=Nc6c(N)ncc7ccc(-c8ccn[nH]8)cc67)cn5)c5ccc(C#CCN(C)C)cc45)nc3)nc(N)c(N=Nc3ccc(C(=N)N)nc3)c2c1. The summed E-state index contributed by atoms with van der Waals surface area (Å²) in [5.74, 6) is 13.6. The number of nitrogen functional groups attached to an aromatic ring is 4. The number of rotatable bonds is 14. The van der Waals surface area contributed by atoms with Crippen LogP contribution in [0.2, 0.25) is 0 Å². The van der Waals surface area contributed by atoms with Crippen LogP contribution in [0.15, 0.2) is 169 Å². The Kier molecular flexibility index (Phi) is 15.8. The first-order valence-electron chi connectivity index (χ1n) is 25.2. The van der Waals surface area contributed by atoms with Gasteiger partial charge in [-0.2, -0.15) is 5.10 Å². The van der Waals surface area contributed by atoms with Crippen molar-refractivity contribution in [3.8, 4) is 34.9 Å². The molecule has 0 atom stereocenters. The summed E-state index contributed by atoms with van der Waals surface area (Å²) in [5.41, 5.74) is 44.3. The van der Waals surface area contributed by atoms with Gasteiger partial charge in [-0.3, -0.25) is 30.3 Å². The Morgan fingerprint density at radius 3 is 1.64 bits per heavy atom. The van der Waals surface area contributed by atoms with Crippen molar-refractivity contribution >= 4 is 113 Å². The largest absolute Gasteiger partial charge is 0.383 e. The molecule has 0 aliphatic carbocycles. The molecule has 7 aromatic heterocycles. The summed E-state index contributed by atoms with van der Waals surface area (Å²) in [6, 6.07) is 28.6. The van der Waals surface area contributed by atoms with Crippen LogP contribution in [0.25, 0.3) is 43.6 Å². The fourth-order valence-corrected chi connectivity index (χ4v) is 8.10. The Bertz CT molecular complexity index is 4410. The van der Waals surface area contributed by atoms with Crippen molar-refractivity contribution in [2.75, 3.05) is 58.5 Å². The fourth-order valence-electron chi connectivity index (χ4n) is 8.10. The summed E-state index contributed by atoms with van der Waals surface area (Å²) in [5, 5.41) is 45.2. The maximum atomic E-state index is 7.64. The third kappa shape index (κ3) is 12.7. The Hall–Kier alpha value is -11.8. The smallest absolute Gasteiger partial charge is 0.174 e. The number of aliphatic imine (C=N–C) groups is 2. The summed E-state index contributed by atoms with van der Waals surface area (Å²) >= 11 is 0. The number of nitrogens with one attached hydrogen (secondary N) is 2. The van der Waals surface area contributed by atoms with Crippen molar-refractivity contribution in [2.24, 2.45) is 57.9 Å². The van der Waals surface area contributed by atoms with Crippen LogP contribution >= 0.6 is 0 Å². The fraction of sp³-hybridized carbons (Fsp3) is 0.103. The van der Waals surface area contributed by atoms with Gasteiger partial charge in [0.15, 0.2) is 40.7 Å². The molecule has 0 bridgehead atoms. The van der Waals surface area contributed by atoms with Gasteiger partial charge in [0.2, 0.25) is 0 Å². The van der Waals surface area contributed by atoms with Gasteiger partial charge >= 0.3 is 0 Å². The van der Waals surface area contributed by atoms with Crippen LogP contribution in [0.3, 0.4) is 0 Å². The average Bonchev–Trinajstić information content (AvgIpc) is 4.20. The highest BCUT2D eigenvalue weighted by Gasteiger charge is 2.17. The maximum absolute atomic E-state index is 7.64. The Morgan fingerprint density at radius 1 is 0.530 bits per heavy atom. The van der Waals surface area contributed by atoms with Crippen molar-refractivity contribution in [2.45, 2.75) is 0 Å². The summed E-state index contributed by atoms with van der Waals surface area (Å²) < 4.78 is 0. The van der Waals surface area contributed by atoms with E-state index in [1.807, 2.05) is 98.7 Å². The van der Waals surface area contributed by atoms with Gasteiger partial charge in [-0.1, -0.05) is 35.8 Å². The van der Waals surface area contributed by atoms with E-state index in [0.717, 1.165) is 22.0 Å². The van der Waals surface area contributed by atoms with E-state index in [1.54, 1.807) is 48.8 Å². The Morgan fingerprint density at radius 2 is 1.11 bits per heavy atom. The summed E-state index contributed by atoms with van der Waals surface area (Å²) in [6.07, 6.45) is 7.83. The molecule has 0 aliphatic heterocycles. The molecule has 0 amide bonds. The van der Waals surface area contributed by atoms with Crippen molar-refractivity contribution in [3.63, 3.8) is 0 Å². The number of nitrogens with zero attached hydrogens (tertiary/aromatic N) is 17. The molecule has 10 rings (SSSR count). The summed E-state index contributed by atoms with van der Waals surface area (Å²) in [4.78, 5) is 40.0. The molecule has 3 aromatic carbocycles. The third-order valence-electron chi connectivity index (χ3n) is 12.2. The Balaban J connectivity index is 0.917. The van der Waals surface area contributed by atoms with E-state index in [1.165, 1.54) is 18.6 Å². The molecule has 0 unspecified atom stereocenters. The number of amidine groups is 3. The number of fused-ring (bicyclic) bond motifs is 3. The molecule has 25 heteroatoms. The molecule has 0 fully saturated rings. The quantitative estimate of drug-likeness (QED) is 0.0218. The first-order chi connectivity index (χ1) is 40.1. The zero-order chi connectivity index (χ0) is 58.1. The number of nitrogens with two attached hydrogens (primary N) is 6. The van der Waals surface area contributed by atoms with Crippen LogP contribution in [0.5, 0.6) is 0 Å². The minimum atomic E-state index is -0.170. The van der Waals surface area contributed by atoms with E-state index >= 15 is 0 Å². The van der Waals surface area contributed by atoms with E-state index in [9.17, 15) is 0 Å². The monoisotopic (exact) mass is 1100 g/mol. The molecule has 0 spiro atoms. The molecule has 10 aromatic rings. The summed E-state index contributed by atoms with van der Waals surface area (Å²) in [7, 11) is 7.74. The molecule has 0 saturated carbocycles. The van der Waals surface area contributed by atoms with E-state index in [-0.39, 0.29) is 63.8 Å².